The quantitative estimate of drug-likeness (QED) is 0.370. The average molecular weight is 547 g/mol. The highest BCUT2D eigenvalue weighted by molar-refractivity contribution is 7.12. The van der Waals surface area contributed by atoms with Gasteiger partial charge in [0.15, 0.2) is 0 Å². The zero-order valence-corrected chi connectivity index (χ0v) is 26.7. The van der Waals surface area contributed by atoms with E-state index < -0.39 is 0 Å². The third kappa shape index (κ3) is 4.31. The number of thiophene rings is 1. The molecule has 1 aromatic heterocycles. The van der Waals surface area contributed by atoms with Gasteiger partial charge in [0.1, 0.15) is 22.9 Å². The van der Waals surface area contributed by atoms with Crippen LogP contribution in [0.25, 0.3) is 0 Å². The Hall–Kier alpha value is -2.40. The largest absolute Gasteiger partial charge is 0.462 e. The summed E-state index contributed by atoms with van der Waals surface area (Å²) in [6.45, 7) is 27.6. The van der Waals surface area contributed by atoms with Crippen molar-refractivity contribution in [3.8, 4) is 0 Å². The summed E-state index contributed by atoms with van der Waals surface area (Å²) in [6.07, 6.45) is 12.9. The van der Waals surface area contributed by atoms with Crippen LogP contribution in [0.15, 0.2) is 70.1 Å². The molecule has 2 atom stereocenters. The van der Waals surface area contributed by atoms with Crippen LogP contribution in [0.2, 0.25) is 0 Å². The van der Waals surface area contributed by atoms with Gasteiger partial charge in [0.05, 0.1) is 9.75 Å². The Morgan fingerprint density at radius 2 is 0.923 bits per heavy atom. The zero-order chi connectivity index (χ0) is 28.8. The van der Waals surface area contributed by atoms with Crippen LogP contribution in [0.1, 0.15) is 105 Å². The molecule has 4 aliphatic rings. The molecule has 0 N–H and O–H groups in total. The Kier molecular flexibility index (Phi) is 6.17. The van der Waals surface area contributed by atoms with Gasteiger partial charge in [-0.25, -0.2) is 9.98 Å². The maximum Gasteiger partial charge on any atom is 0.225 e. The summed E-state index contributed by atoms with van der Waals surface area (Å²) < 4.78 is 13.0. The average Bonchev–Trinajstić information content (AvgIpc) is 3.51. The Bertz CT molecular complexity index is 1220. The van der Waals surface area contributed by atoms with E-state index in [1.807, 2.05) is 0 Å². The molecule has 0 saturated heterocycles. The summed E-state index contributed by atoms with van der Waals surface area (Å²) in [6, 6.07) is 4.23. The molecule has 1 aromatic rings. The molecule has 5 rings (SSSR count). The van der Waals surface area contributed by atoms with Crippen LogP contribution < -0.4 is 0 Å². The normalized spacial score (nSPS) is 25.6. The SMILES string of the molecule is CC(C)(C)C1(C(C)(C)C)C=CC2=NC(c3ccc(C4N=C5C=CC(C(C)(C)C)(C(C)(C)C)C=C5O4)s3)OC2=C1. The second-order valence-electron chi connectivity index (χ2n) is 15.6. The number of rotatable bonds is 2. The molecule has 0 saturated carbocycles. The van der Waals surface area contributed by atoms with Crippen molar-refractivity contribution >= 4 is 22.8 Å². The summed E-state index contributed by atoms with van der Waals surface area (Å²) in [7, 11) is 0. The molecule has 39 heavy (non-hydrogen) atoms. The summed E-state index contributed by atoms with van der Waals surface area (Å²) in [5, 5.41) is 0. The molecule has 5 heteroatoms. The molecule has 0 radical (unpaired) electrons. The first-order valence-corrected chi connectivity index (χ1v) is 15.0. The van der Waals surface area contributed by atoms with Crippen molar-refractivity contribution in [2.75, 3.05) is 0 Å². The Labute approximate surface area is 239 Å². The number of aliphatic imine (C=N–C) groups is 2. The highest BCUT2D eigenvalue weighted by Crippen LogP contribution is 2.58. The predicted octanol–water partition coefficient (Wildman–Crippen LogP) is 9.75. The lowest BCUT2D eigenvalue weighted by Gasteiger charge is -2.51. The summed E-state index contributed by atoms with van der Waals surface area (Å²) >= 11 is 1.67. The van der Waals surface area contributed by atoms with Gasteiger partial charge >= 0.3 is 0 Å². The van der Waals surface area contributed by atoms with Gasteiger partial charge in [0.2, 0.25) is 12.5 Å². The fourth-order valence-corrected chi connectivity index (χ4v) is 8.13. The number of ether oxygens (including phenoxy) is 2. The summed E-state index contributed by atoms with van der Waals surface area (Å²) in [5.41, 5.74) is 1.73. The van der Waals surface area contributed by atoms with Crippen LogP contribution in [0.5, 0.6) is 0 Å². The number of allylic oxidation sites excluding steroid dienone is 6. The van der Waals surface area contributed by atoms with E-state index in [-0.39, 0.29) is 44.9 Å². The van der Waals surface area contributed by atoms with Crippen molar-refractivity contribution in [1.29, 1.82) is 0 Å². The van der Waals surface area contributed by atoms with Gasteiger partial charge in [-0.2, -0.15) is 0 Å². The van der Waals surface area contributed by atoms with Gasteiger partial charge in [-0.15, -0.1) is 11.3 Å². The first kappa shape index (κ1) is 28.1. The van der Waals surface area contributed by atoms with E-state index in [4.69, 9.17) is 19.5 Å². The van der Waals surface area contributed by atoms with Crippen LogP contribution in [0.3, 0.4) is 0 Å². The topological polar surface area (TPSA) is 43.2 Å². The van der Waals surface area contributed by atoms with Crippen LogP contribution in [-0.4, -0.2) is 11.4 Å². The van der Waals surface area contributed by atoms with Gasteiger partial charge in [-0.3, -0.25) is 0 Å². The smallest absolute Gasteiger partial charge is 0.225 e. The van der Waals surface area contributed by atoms with Crippen molar-refractivity contribution < 1.29 is 9.47 Å². The molecular weight excluding hydrogens is 500 g/mol. The summed E-state index contributed by atoms with van der Waals surface area (Å²) in [5.74, 6) is 1.78. The fraction of sp³-hybridized carbons (Fsp3) is 0.588. The molecule has 0 amide bonds. The number of hydrogen-bond donors (Lipinski definition) is 0. The van der Waals surface area contributed by atoms with Gasteiger partial charge < -0.3 is 9.47 Å². The Morgan fingerprint density at radius 3 is 1.23 bits per heavy atom. The summed E-state index contributed by atoms with van der Waals surface area (Å²) in [4.78, 5) is 12.0. The van der Waals surface area contributed by atoms with Gasteiger partial charge in [0.25, 0.3) is 0 Å². The van der Waals surface area contributed by atoms with Crippen LogP contribution in [0.4, 0.5) is 0 Å². The lowest BCUT2D eigenvalue weighted by molar-refractivity contribution is 0.0589. The van der Waals surface area contributed by atoms with Gasteiger partial charge in [-0.1, -0.05) is 95.2 Å². The van der Waals surface area contributed by atoms with Crippen molar-refractivity contribution in [3.63, 3.8) is 0 Å². The van der Waals surface area contributed by atoms with Crippen LogP contribution in [-0.2, 0) is 9.47 Å². The van der Waals surface area contributed by atoms with E-state index in [2.05, 4.69) is 132 Å². The van der Waals surface area contributed by atoms with Crippen LogP contribution in [0, 0.1) is 32.5 Å². The third-order valence-corrected chi connectivity index (χ3v) is 10.5. The molecule has 2 aliphatic carbocycles. The molecule has 2 unspecified atom stereocenters. The lowest BCUT2D eigenvalue weighted by Crippen LogP contribution is -2.45. The monoisotopic (exact) mass is 546 g/mol. The van der Waals surface area contributed by atoms with Crippen LogP contribution >= 0.6 is 11.3 Å². The number of nitrogens with zero attached hydrogens (tertiary/aromatic N) is 2. The molecule has 4 nitrogen and oxygen atoms in total. The second-order valence-corrected chi connectivity index (χ2v) is 16.8. The first-order chi connectivity index (χ1) is 17.8. The van der Waals surface area contributed by atoms with Crippen molar-refractivity contribution in [2.45, 2.75) is 95.5 Å². The molecule has 0 bridgehead atoms. The highest BCUT2D eigenvalue weighted by atomic mass is 32.1. The molecule has 0 spiro atoms. The Balaban J connectivity index is 1.39. The zero-order valence-electron chi connectivity index (χ0n) is 25.9. The van der Waals surface area contributed by atoms with E-state index in [0.717, 1.165) is 32.7 Å². The van der Waals surface area contributed by atoms with Crippen molar-refractivity contribution in [3.05, 3.63) is 69.9 Å². The third-order valence-electron chi connectivity index (χ3n) is 9.32. The molecule has 210 valence electrons. The van der Waals surface area contributed by atoms with E-state index >= 15 is 0 Å². The number of fused-ring (bicyclic) bond motifs is 2. The van der Waals surface area contributed by atoms with Gasteiger partial charge in [0, 0.05) is 10.8 Å². The Morgan fingerprint density at radius 1 is 0.590 bits per heavy atom. The van der Waals surface area contributed by atoms with E-state index in [9.17, 15) is 0 Å². The predicted molar refractivity (Wildman–Crippen MR) is 164 cm³/mol. The minimum atomic E-state index is -0.338. The minimum Gasteiger partial charge on any atom is -0.462 e. The lowest BCUT2D eigenvalue weighted by atomic mass is 9.53. The fourth-order valence-electron chi connectivity index (χ4n) is 7.18. The van der Waals surface area contributed by atoms with E-state index in [0.29, 0.717) is 0 Å². The van der Waals surface area contributed by atoms with Gasteiger partial charge in [-0.05, 0) is 58.1 Å². The molecule has 0 fully saturated rings. The highest BCUT2D eigenvalue weighted by Gasteiger charge is 2.51. The first-order valence-electron chi connectivity index (χ1n) is 14.2. The maximum atomic E-state index is 6.49. The van der Waals surface area contributed by atoms with Crippen molar-refractivity contribution in [1.82, 2.24) is 0 Å². The van der Waals surface area contributed by atoms with E-state index in [1.54, 1.807) is 11.3 Å². The molecule has 2 aliphatic heterocycles. The number of hydrogen-bond acceptors (Lipinski definition) is 5. The van der Waals surface area contributed by atoms with Crippen molar-refractivity contribution in [2.24, 2.45) is 42.5 Å². The minimum absolute atomic E-state index is 0.0360. The second kappa shape index (κ2) is 8.55. The maximum absolute atomic E-state index is 6.49. The molecule has 3 heterocycles. The molecular formula is C34H46N2O2S. The molecule has 0 aromatic carbocycles. The standard InChI is InChI=1S/C34H46N2O2S/c1-29(2,3)33(30(4,5)6)17-15-21-23(19-33)37-27(35-21)25-13-14-26(39-25)28-36-22-16-18-34(31(7,8)9,32(10,11)12)20-24(22)38-28/h13-20,27-28H,1-12H3. The van der Waals surface area contributed by atoms with E-state index in [1.165, 1.54) is 0 Å².